The molecule has 118 valence electrons. The van der Waals surface area contributed by atoms with Crippen LogP contribution in [0.5, 0.6) is 5.75 Å². The topological polar surface area (TPSA) is 21.3 Å². The molecule has 0 radical (unpaired) electrons. The molecule has 1 aliphatic heterocycles. The van der Waals surface area contributed by atoms with Gasteiger partial charge >= 0.3 is 0 Å². The van der Waals surface area contributed by atoms with Gasteiger partial charge in [0, 0.05) is 6.54 Å². The summed E-state index contributed by atoms with van der Waals surface area (Å²) in [6.07, 6.45) is 3.56. The largest absolute Gasteiger partial charge is 0.488 e. The zero-order valence-corrected chi connectivity index (χ0v) is 14.8. The number of halogens is 2. The zero-order chi connectivity index (χ0) is 14.5. The predicted molar refractivity (Wildman–Crippen MR) is 97.2 cm³/mol. The molecule has 3 rings (SSSR count). The molecule has 2 nitrogen and oxygen atoms in total. The molecular formula is C18H21BrClNO. The summed E-state index contributed by atoms with van der Waals surface area (Å²) in [6.45, 7) is 2.05. The second-order valence-corrected chi connectivity index (χ2v) is 6.37. The van der Waals surface area contributed by atoms with Crippen LogP contribution in [0.2, 0.25) is 0 Å². The molecular weight excluding hydrogens is 362 g/mol. The lowest BCUT2D eigenvalue weighted by Gasteiger charge is -2.24. The number of hydrogen-bond acceptors (Lipinski definition) is 2. The standard InChI is InChI=1S/C18H20BrNO.ClH/c19-17-12-15(11-14-5-2-1-3-6-14)8-9-18(17)21-16-7-4-10-20-13-16;/h1-3,5-6,8-9,12,16,20H,4,7,10-11,13H2;1H. The summed E-state index contributed by atoms with van der Waals surface area (Å²) in [5.74, 6) is 0.945. The van der Waals surface area contributed by atoms with E-state index >= 15 is 0 Å². The lowest BCUT2D eigenvalue weighted by atomic mass is 10.1. The van der Waals surface area contributed by atoms with Crippen molar-refractivity contribution < 1.29 is 4.74 Å². The molecule has 0 amide bonds. The first kappa shape index (κ1) is 17.3. The first-order valence-corrected chi connectivity index (χ1v) is 8.30. The first-order chi connectivity index (χ1) is 10.3. The highest BCUT2D eigenvalue weighted by molar-refractivity contribution is 9.10. The van der Waals surface area contributed by atoms with E-state index in [1.54, 1.807) is 0 Å². The SMILES string of the molecule is Brc1cc(Cc2ccccc2)ccc1OC1CCCNC1.Cl. The second-order valence-electron chi connectivity index (χ2n) is 5.51. The van der Waals surface area contributed by atoms with Crippen molar-refractivity contribution in [3.63, 3.8) is 0 Å². The molecule has 0 bridgehead atoms. The Labute approximate surface area is 146 Å². The van der Waals surface area contributed by atoms with Crippen LogP contribution in [-0.2, 0) is 6.42 Å². The van der Waals surface area contributed by atoms with E-state index in [0.717, 1.165) is 36.2 Å². The number of piperidine rings is 1. The van der Waals surface area contributed by atoms with Gasteiger partial charge in [0.15, 0.2) is 0 Å². The normalized spacial score (nSPS) is 17.6. The van der Waals surface area contributed by atoms with Gasteiger partial charge in [-0.2, -0.15) is 0 Å². The molecule has 0 spiro atoms. The molecule has 0 saturated carbocycles. The molecule has 1 N–H and O–H groups in total. The van der Waals surface area contributed by atoms with E-state index in [1.165, 1.54) is 17.5 Å². The molecule has 0 aromatic heterocycles. The maximum absolute atomic E-state index is 6.08. The van der Waals surface area contributed by atoms with Gasteiger partial charge in [0.1, 0.15) is 11.9 Å². The summed E-state index contributed by atoms with van der Waals surface area (Å²) in [7, 11) is 0. The molecule has 0 aliphatic carbocycles. The Morgan fingerprint density at radius 2 is 1.91 bits per heavy atom. The minimum Gasteiger partial charge on any atom is -0.488 e. The molecule has 1 atom stereocenters. The van der Waals surface area contributed by atoms with E-state index in [2.05, 4.69) is 69.8 Å². The lowest BCUT2D eigenvalue weighted by Crippen LogP contribution is -2.37. The molecule has 1 unspecified atom stereocenters. The smallest absolute Gasteiger partial charge is 0.133 e. The minimum absolute atomic E-state index is 0. The van der Waals surface area contributed by atoms with Gasteiger partial charge in [0.25, 0.3) is 0 Å². The molecule has 22 heavy (non-hydrogen) atoms. The summed E-state index contributed by atoms with van der Waals surface area (Å²) in [6, 6.07) is 16.9. The van der Waals surface area contributed by atoms with Gasteiger partial charge in [-0.3, -0.25) is 0 Å². The number of rotatable bonds is 4. The van der Waals surface area contributed by atoms with Crippen LogP contribution in [0.3, 0.4) is 0 Å². The van der Waals surface area contributed by atoms with Gasteiger partial charge in [-0.1, -0.05) is 36.4 Å². The third-order valence-electron chi connectivity index (χ3n) is 3.79. The quantitative estimate of drug-likeness (QED) is 0.835. The molecule has 1 saturated heterocycles. The van der Waals surface area contributed by atoms with Crippen molar-refractivity contribution >= 4 is 28.3 Å². The summed E-state index contributed by atoms with van der Waals surface area (Å²) >= 11 is 3.64. The third kappa shape index (κ3) is 4.73. The highest BCUT2D eigenvalue weighted by Gasteiger charge is 2.15. The molecule has 2 aromatic carbocycles. The number of nitrogens with one attached hydrogen (secondary N) is 1. The summed E-state index contributed by atoms with van der Waals surface area (Å²) in [4.78, 5) is 0. The van der Waals surface area contributed by atoms with Crippen LogP contribution >= 0.6 is 28.3 Å². The third-order valence-corrected chi connectivity index (χ3v) is 4.41. The van der Waals surface area contributed by atoms with Crippen LogP contribution in [0.15, 0.2) is 53.0 Å². The van der Waals surface area contributed by atoms with Crippen molar-refractivity contribution in [2.24, 2.45) is 0 Å². The van der Waals surface area contributed by atoms with Gasteiger partial charge in [0.05, 0.1) is 4.47 Å². The molecule has 4 heteroatoms. The van der Waals surface area contributed by atoms with Crippen molar-refractivity contribution in [2.75, 3.05) is 13.1 Å². The Bertz CT molecular complexity index is 585. The Balaban J connectivity index is 0.00000176. The monoisotopic (exact) mass is 381 g/mol. The van der Waals surface area contributed by atoms with E-state index in [9.17, 15) is 0 Å². The Morgan fingerprint density at radius 1 is 1.09 bits per heavy atom. The van der Waals surface area contributed by atoms with Crippen molar-refractivity contribution in [1.29, 1.82) is 0 Å². The second kappa shape index (κ2) is 8.56. The van der Waals surface area contributed by atoms with Crippen molar-refractivity contribution in [2.45, 2.75) is 25.4 Å². The van der Waals surface area contributed by atoms with Crippen molar-refractivity contribution in [3.8, 4) is 5.75 Å². The summed E-state index contributed by atoms with van der Waals surface area (Å²) in [5.41, 5.74) is 2.62. The van der Waals surface area contributed by atoms with Crippen LogP contribution in [0.1, 0.15) is 24.0 Å². The maximum Gasteiger partial charge on any atom is 0.133 e. The Kier molecular flexibility index (Phi) is 6.74. The number of ether oxygens (including phenoxy) is 1. The Hall–Kier alpha value is -1.03. The fourth-order valence-electron chi connectivity index (χ4n) is 2.68. The van der Waals surface area contributed by atoms with Gasteiger partial charge in [-0.15, -0.1) is 12.4 Å². The van der Waals surface area contributed by atoms with E-state index in [4.69, 9.17) is 4.74 Å². The van der Waals surface area contributed by atoms with Crippen molar-refractivity contribution in [1.82, 2.24) is 5.32 Å². The van der Waals surface area contributed by atoms with Gasteiger partial charge in [0.2, 0.25) is 0 Å². The lowest BCUT2D eigenvalue weighted by molar-refractivity contribution is 0.166. The van der Waals surface area contributed by atoms with E-state index in [-0.39, 0.29) is 18.5 Å². The van der Waals surface area contributed by atoms with Crippen LogP contribution in [0.25, 0.3) is 0 Å². The molecule has 1 fully saturated rings. The minimum atomic E-state index is 0. The van der Waals surface area contributed by atoms with Crippen LogP contribution < -0.4 is 10.1 Å². The predicted octanol–water partition coefficient (Wildman–Crippen LogP) is 4.59. The molecule has 1 aliphatic rings. The van der Waals surface area contributed by atoms with Gasteiger partial charge < -0.3 is 10.1 Å². The van der Waals surface area contributed by atoms with Crippen LogP contribution in [-0.4, -0.2) is 19.2 Å². The van der Waals surface area contributed by atoms with Gasteiger partial charge in [-0.05, 0) is 65.0 Å². The molecule has 2 aromatic rings. The molecule has 1 heterocycles. The van der Waals surface area contributed by atoms with E-state index < -0.39 is 0 Å². The van der Waals surface area contributed by atoms with Crippen LogP contribution in [0, 0.1) is 0 Å². The summed E-state index contributed by atoms with van der Waals surface area (Å²) < 4.78 is 7.12. The van der Waals surface area contributed by atoms with Crippen LogP contribution in [0.4, 0.5) is 0 Å². The average molecular weight is 383 g/mol. The highest BCUT2D eigenvalue weighted by Crippen LogP contribution is 2.28. The fourth-order valence-corrected chi connectivity index (χ4v) is 3.20. The Morgan fingerprint density at radius 3 is 2.59 bits per heavy atom. The summed E-state index contributed by atoms with van der Waals surface area (Å²) in [5, 5.41) is 3.38. The first-order valence-electron chi connectivity index (χ1n) is 7.51. The number of benzene rings is 2. The van der Waals surface area contributed by atoms with Gasteiger partial charge in [-0.25, -0.2) is 0 Å². The van der Waals surface area contributed by atoms with E-state index in [1.807, 2.05) is 0 Å². The van der Waals surface area contributed by atoms with E-state index in [0.29, 0.717) is 0 Å². The fraction of sp³-hybridized carbons (Fsp3) is 0.333. The maximum atomic E-state index is 6.08. The average Bonchev–Trinajstić information content (AvgIpc) is 2.52. The highest BCUT2D eigenvalue weighted by atomic mass is 79.9. The number of hydrogen-bond donors (Lipinski definition) is 1. The van der Waals surface area contributed by atoms with Crippen molar-refractivity contribution in [3.05, 3.63) is 64.1 Å². The zero-order valence-electron chi connectivity index (χ0n) is 12.4.